The Morgan fingerprint density at radius 1 is 1.04 bits per heavy atom. The summed E-state index contributed by atoms with van der Waals surface area (Å²) in [5.74, 6) is 0.425. The van der Waals surface area contributed by atoms with Crippen LogP contribution in [0.15, 0.2) is 67.0 Å². The van der Waals surface area contributed by atoms with Crippen molar-refractivity contribution in [2.45, 2.75) is 13.2 Å². The molecule has 0 bridgehead atoms. The van der Waals surface area contributed by atoms with Crippen LogP contribution in [0, 0.1) is 0 Å². The molecule has 7 heteroatoms. The van der Waals surface area contributed by atoms with E-state index < -0.39 is 6.61 Å². The fourth-order valence-electron chi connectivity index (χ4n) is 2.49. The van der Waals surface area contributed by atoms with E-state index in [0.717, 1.165) is 11.3 Å². The predicted octanol–water partition coefficient (Wildman–Crippen LogP) is 4.42. The van der Waals surface area contributed by atoms with E-state index in [2.05, 4.69) is 14.7 Å². The first kappa shape index (κ1) is 17.6. The van der Waals surface area contributed by atoms with Gasteiger partial charge in [0.2, 0.25) is 0 Å². The summed E-state index contributed by atoms with van der Waals surface area (Å²) in [5.41, 5.74) is 1.87. The average Bonchev–Trinajstić information content (AvgIpc) is 2.67. The summed E-state index contributed by atoms with van der Waals surface area (Å²) >= 11 is 0. The number of anilines is 2. The summed E-state index contributed by atoms with van der Waals surface area (Å²) < 4.78 is 34.6. The average molecular weight is 357 g/mol. The molecule has 0 spiro atoms. The first-order valence-corrected chi connectivity index (χ1v) is 7.88. The van der Waals surface area contributed by atoms with E-state index in [4.69, 9.17) is 4.74 Å². The highest BCUT2D eigenvalue weighted by Gasteiger charge is 2.17. The number of nitrogens with zero attached hydrogens (tertiary/aromatic N) is 3. The lowest BCUT2D eigenvalue weighted by atomic mass is 10.2. The van der Waals surface area contributed by atoms with Crippen LogP contribution < -0.4 is 14.4 Å². The highest BCUT2D eigenvalue weighted by Crippen LogP contribution is 2.32. The summed E-state index contributed by atoms with van der Waals surface area (Å²) in [4.78, 5) is 10.4. The van der Waals surface area contributed by atoms with Crippen molar-refractivity contribution >= 4 is 11.5 Å². The van der Waals surface area contributed by atoms with Gasteiger partial charge in [0.15, 0.2) is 5.75 Å². The molecule has 0 N–H and O–H groups in total. The van der Waals surface area contributed by atoms with Crippen molar-refractivity contribution in [2.75, 3.05) is 12.0 Å². The first-order valence-electron chi connectivity index (χ1n) is 7.88. The number of ether oxygens (including phenoxy) is 2. The Morgan fingerprint density at radius 3 is 2.50 bits per heavy atom. The van der Waals surface area contributed by atoms with Gasteiger partial charge in [-0.2, -0.15) is 13.8 Å². The molecule has 1 aromatic carbocycles. The van der Waals surface area contributed by atoms with Gasteiger partial charge in [0.25, 0.3) is 5.88 Å². The molecule has 2 heterocycles. The number of methoxy groups -OCH3 is 1. The van der Waals surface area contributed by atoms with Crippen LogP contribution in [0.4, 0.5) is 20.3 Å². The summed E-state index contributed by atoms with van der Waals surface area (Å²) in [5, 5.41) is 0. The lowest BCUT2D eigenvalue weighted by Gasteiger charge is -2.24. The molecule has 2 aromatic heterocycles. The molecule has 0 unspecified atom stereocenters. The van der Waals surface area contributed by atoms with Crippen LogP contribution in [0.1, 0.15) is 5.56 Å². The number of para-hydroxylation sites is 1. The Labute approximate surface area is 149 Å². The fourth-order valence-corrected chi connectivity index (χ4v) is 2.49. The van der Waals surface area contributed by atoms with E-state index in [9.17, 15) is 8.78 Å². The van der Waals surface area contributed by atoms with Crippen molar-refractivity contribution in [3.8, 4) is 11.6 Å². The van der Waals surface area contributed by atoms with Gasteiger partial charge in [-0.05, 0) is 35.9 Å². The molecule has 0 aliphatic rings. The summed E-state index contributed by atoms with van der Waals surface area (Å²) in [7, 11) is 1.36. The molecule has 134 valence electrons. The van der Waals surface area contributed by atoms with E-state index in [1.54, 1.807) is 18.5 Å². The van der Waals surface area contributed by atoms with E-state index in [-0.39, 0.29) is 11.6 Å². The zero-order chi connectivity index (χ0) is 18.4. The summed E-state index contributed by atoms with van der Waals surface area (Å²) in [6.45, 7) is -2.44. The van der Waals surface area contributed by atoms with Crippen LogP contribution in [0.5, 0.6) is 11.6 Å². The number of alkyl halides is 2. The molecular weight excluding hydrogens is 340 g/mol. The molecule has 3 aromatic rings. The number of hydrogen-bond acceptors (Lipinski definition) is 5. The Hall–Kier alpha value is -3.22. The molecule has 0 saturated carbocycles. The van der Waals surface area contributed by atoms with Crippen molar-refractivity contribution in [3.63, 3.8) is 0 Å². The van der Waals surface area contributed by atoms with Crippen molar-refractivity contribution in [2.24, 2.45) is 0 Å². The van der Waals surface area contributed by atoms with E-state index in [1.165, 1.54) is 13.2 Å². The Balaban J connectivity index is 1.98. The SMILES string of the molecule is COc1nc(N(Cc2cccnc2)c2ccccc2)ccc1OC(F)F. The van der Waals surface area contributed by atoms with Gasteiger partial charge < -0.3 is 14.4 Å². The van der Waals surface area contributed by atoms with Gasteiger partial charge in [0, 0.05) is 18.1 Å². The zero-order valence-corrected chi connectivity index (χ0v) is 14.0. The van der Waals surface area contributed by atoms with Gasteiger partial charge >= 0.3 is 6.61 Å². The van der Waals surface area contributed by atoms with Crippen molar-refractivity contribution < 1.29 is 18.3 Å². The Bertz CT molecular complexity index is 833. The quantitative estimate of drug-likeness (QED) is 0.626. The smallest absolute Gasteiger partial charge is 0.387 e. The minimum Gasteiger partial charge on any atom is -0.478 e. The number of pyridine rings is 2. The number of rotatable bonds is 7. The molecule has 5 nitrogen and oxygen atoms in total. The second-order valence-corrected chi connectivity index (χ2v) is 5.34. The monoisotopic (exact) mass is 357 g/mol. The maximum absolute atomic E-state index is 12.5. The van der Waals surface area contributed by atoms with Crippen molar-refractivity contribution in [3.05, 3.63) is 72.6 Å². The predicted molar refractivity (Wildman–Crippen MR) is 93.9 cm³/mol. The molecule has 0 saturated heterocycles. The number of benzene rings is 1. The van der Waals surface area contributed by atoms with Gasteiger partial charge in [-0.1, -0.05) is 24.3 Å². The Morgan fingerprint density at radius 2 is 1.85 bits per heavy atom. The first-order chi connectivity index (χ1) is 12.7. The van der Waals surface area contributed by atoms with Crippen LogP contribution in [0.25, 0.3) is 0 Å². The van der Waals surface area contributed by atoms with Crippen molar-refractivity contribution in [1.29, 1.82) is 0 Å². The molecular formula is C19H17F2N3O2. The third-order valence-electron chi connectivity index (χ3n) is 3.63. The van der Waals surface area contributed by atoms with Crippen LogP contribution in [0.2, 0.25) is 0 Å². The second-order valence-electron chi connectivity index (χ2n) is 5.34. The van der Waals surface area contributed by atoms with Crippen LogP contribution in [-0.2, 0) is 6.54 Å². The van der Waals surface area contributed by atoms with E-state index >= 15 is 0 Å². The van der Waals surface area contributed by atoms with Crippen LogP contribution >= 0.6 is 0 Å². The minimum atomic E-state index is -2.95. The van der Waals surface area contributed by atoms with E-state index in [0.29, 0.717) is 12.4 Å². The highest BCUT2D eigenvalue weighted by atomic mass is 19.3. The van der Waals surface area contributed by atoms with Crippen LogP contribution in [0.3, 0.4) is 0 Å². The Kier molecular flexibility index (Phi) is 5.58. The lowest BCUT2D eigenvalue weighted by molar-refractivity contribution is -0.0515. The van der Waals surface area contributed by atoms with Gasteiger partial charge in [0.05, 0.1) is 13.7 Å². The molecule has 0 aliphatic carbocycles. The second kappa shape index (κ2) is 8.24. The number of halogens is 2. The van der Waals surface area contributed by atoms with Gasteiger partial charge in [-0.3, -0.25) is 4.98 Å². The van der Waals surface area contributed by atoms with E-state index in [1.807, 2.05) is 47.4 Å². The third kappa shape index (κ3) is 4.24. The summed E-state index contributed by atoms with van der Waals surface area (Å²) in [6.07, 6.45) is 3.47. The van der Waals surface area contributed by atoms with Crippen molar-refractivity contribution in [1.82, 2.24) is 9.97 Å². The molecule has 3 rings (SSSR count). The number of aromatic nitrogens is 2. The largest absolute Gasteiger partial charge is 0.478 e. The van der Waals surface area contributed by atoms with Crippen LogP contribution in [-0.4, -0.2) is 23.7 Å². The lowest BCUT2D eigenvalue weighted by Crippen LogP contribution is -2.18. The highest BCUT2D eigenvalue weighted by molar-refractivity contribution is 5.61. The van der Waals surface area contributed by atoms with Gasteiger partial charge in [0.1, 0.15) is 5.82 Å². The molecule has 0 atom stereocenters. The number of hydrogen-bond donors (Lipinski definition) is 0. The molecule has 26 heavy (non-hydrogen) atoms. The fraction of sp³-hybridized carbons (Fsp3) is 0.158. The standard InChI is InChI=1S/C19H17F2N3O2/c1-25-18-16(26-19(20)21)9-10-17(23-18)24(15-7-3-2-4-8-15)13-14-6-5-11-22-12-14/h2-12,19H,13H2,1H3. The molecule has 0 radical (unpaired) electrons. The molecule has 0 fully saturated rings. The maximum Gasteiger partial charge on any atom is 0.387 e. The minimum absolute atomic E-state index is 0.00471. The maximum atomic E-state index is 12.5. The topological polar surface area (TPSA) is 47.5 Å². The zero-order valence-electron chi connectivity index (χ0n) is 14.0. The summed E-state index contributed by atoms with van der Waals surface area (Å²) in [6, 6.07) is 16.5. The molecule has 0 aliphatic heterocycles. The normalized spacial score (nSPS) is 10.6. The van der Waals surface area contributed by atoms with Gasteiger partial charge in [-0.25, -0.2) is 0 Å². The third-order valence-corrected chi connectivity index (χ3v) is 3.63. The molecule has 0 amide bonds. The van der Waals surface area contributed by atoms with Gasteiger partial charge in [-0.15, -0.1) is 0 Å².